The Hall–Kier alpha value is -2.44. The molecule has 2 aromatic rings. The first-order chi connectivity index (χ1) is 14.2. The first-order valence-corrected chi connectivity index (χ1v) is 10.7. The fourth-order valence-corrected chi connectivity index (χ4v) is 4.03. The van der Waals surface area contributed by atoms with E-state index in [1.807, 2.05) is 58.9 Å². The molecule has 2 amide bonds. The van der Waals surface area contributed by atoms with Crippen LogP contribution in [0.5, 0.6) is 0 Å². The van der Waals surface area contributed by atoms with Crippen LogP contribution in [-0.4, -0.2) is 30.1 Å². The molecule has 2 aliphatic rings. The molecule has 0 radical (unpaired) electrons. The third-order valence-electron chi connectivity index (χ3n) is 6.85. The van der Waals surface area contributed by atoms with E-state index in [4.69, 9.17) is 9.31 Å². The Morgan fingerprint density at radius 3 is 2.03 bits per heavy atom. The molecule has 31 heavy (non-hydrogen) atoms. The van der Waals surface area contributed by atoms with E-state index in [0.717, 1.165) is 16.6 Å². The first-order valence-electron chi connectivity index (χ1n) is 10.7. The van der Waals surface area contributed by atoms with Gasteiger partial charge in [-0.1, -0.05) is 39.0 Å². The largest absolute Gasteiger partial charge is 0.495 e. The van der Waals surface area contributed by atoms with Gasteiger partial charge in [0.05, 0.1) is 28.0 Å². The Labute approximate surface area is 184 Å². The number of fused-ring (bicyclic) bond motifs is 1. The van der Waals surface area contributed by atoms with Gasteiger partial charge in [0.1, 0.15) is 0 Å². The molecule has 0 atom stereocenters. The van der Waals surface area contributed by atoms with Crippen molar-refractivity contribution in [3.05, 3.63) is 58.7 Å². The van der Waals surface area contributed by atoms with Gasteiger partial charge in [-0.25, -0.2) is 4.90 Å². The van der Waals surface area contributed by atoms with Crippen LogP contribution < -0.4 is 10.4 Å². The molecule has 0 unspecified atom stereocenters. The molecule has 0 spiro atoms. The lowest BCUT2D eigenvalue weighted by Gasteiger charge is -2.32. The number of imide groups is 1. The van der Waals surface area contributed by atoms with E-state index in [2.05, 4.69) is 20.8 Å². The minimum Gasteiger partial charge on any atom is -0.399 e. The van der Waals surface area contributed by atoms with Crippen molar-refractivity contribution < 1.29 is 18.9 Å². The number of benzene rings is 2. The van der Waals surface area contributed by atoms with Gasteiger partial charge in [-0.15, -0.1) is 0 Å². The second kappa shape index (κ2) is 6.78. The van der Waals surface area contributed by atoms with E-state index in [9.17, 15) is 9.59 Å². The second-order valence-corrected chi connectivity index (χ2v) is 10.5. The molecule has 5 nitrogen and oxygen atoms in total. The third-order valence-corrected chi connectivity index (χ3v) is 6.85. The Kier molecular flexibility index (Phi) is 4.76. The van der Waals surface area contributed by atoms with E-state index in [1.165, 1.54) is 4.90 Å². The van der Waals surface area contributed by atoms with Crippen LogP contribution in [0.25, 0.3) is 0 Å². The van der Waals surface area contributed by atoms with Gasteiger partial charge in [-0.05, 0) is 74.8 Å². The van der Waals surface area contributed by atoms with Crippen molar-refractivity contribution in [2.24, 2.45) is 0 Å². The molecule has 1 saturated heterocycles. The summed E-state index contributed by atoms with van der Waals surface area (Å²) in [6.45, 7) is 16.2. The average Bonchev–Trinajstić information content (AvgIpc) is 3.03. The SMILES string of the molecule is Cc1c(B2OC(C)(C)C(C)(C)O2)cccc1N1C(=O)c2ccc(C(C)(C)C)cc2C1=O. The predicted molar refractivity (Wildman–Crippen MR) is 123 cm³/mol. The number of hydrogen-bond donors (Lipinski definition) is 0. The summed E-state index contributed by atoms with van der Waals surface area (Å²) in [7, 11) is -0.562. The minimum atomic E-state index is -0.562. The van der Waals surface area contributed by atoms with Crippen LogP contribution in [0.1, 0.15) is 80.3 Å². The Morgan fingerprint density at radius 1 is 0.871 bits per heavy atom. The van der Waals surface area contributed by atoms with E-state index in [1.54, 1.807) is 12.1 Å². The lowest BCUT2D eigenvalue weighted by atomic mass is 9.75. The van der Waals surface area contributed by atoms with Crippen molar-refractivity contribution >= 4 is 30.1 Å². The van der Waals surface area contributed by atoms with Gasteiger partial charge < -0.3 is 9.31 Å². The molecule has 0 saturated carbocycles. The number of nitrogens with zero attached hydrogens (tertiary/aromatic N) is 1. The fraction of sp³-hybridized carbons (Fsp3) is 0.440. The maximum Gasteiger partial charge on any atom is 0.495 e. The summed E-state index contributed by atoms with van der Waals surface area (Å²) in [6, 6.07) is 11.1. The van der Waals surface area contributed by atoms with Crippen LogP contribution in [0.4, 0.5) is 5.69 Å². The minimum absolute atomic E-state index is 0.113. The summed E-state index contributed by atoms with van der Waals surface area (Å²) in [6.07, 6.45) is 0. The van der Waals surface area contributed by atoms with Gasteiger partial charge in [0, 0.05) is 0 Å². The van der Waals surface area contributed by atoms with E-state index >= 15 is 0 Å². The van der Waals surface area contributed by atoms with Crippen LogP contribution in [0.2, 0.25) is 0 Å². The highest BCUT2D eigenvalue weighted by atomic mass is 16.7. The third kappa shape index (κ3) is 3.33. The van der Waals surface area contributed by atoms with Crippen LogP contribution >= 0.6 is 0 Å². The molecule has 2 aromatic carbocycles. The molecule has 6 heteroatoms. The summed E-state index contributed by atoms with van der Waals surface area (Å²) >= 11 is 0. The van der Waals surface area contributed by atoms with Crippen molar-refractivity contribution in [2.45, 2.75) is 72.0 Å². The molecular weight excluding hydrogens is 389 g/mol. The van der Waals surface area contributed by atoms with Crippen molar-refractivity contribution in [1.82, 2.24) is 0 Å². The Balaban J connectivity index is 1.74. The van der Waals surface area contributed by atoms with E-state index in [-0.39, 0.29) is 17.2 Å². The van der Waals surface area contributed by atoms with Crippen molar-refractivity contribution in [1.29, 1.82) is 0 Å². The van der Waals surface area contributed by atoms with Crippen LogP contribution in [0.3, 0.4) is 0 Å². The van der Waals surface area contributed by atoms with Crippen molar-refractivity contribution in [2.75, 3.05) is 4.90 Å². The predicted octanol–water partition coefficient (Wildman–Crippen LogP) is 4.39. The highest BCUT2D eigenvalue weighted by molar-refractivity contribution is 6.63. The maximum atomic E-state index is 13.3. The van der Waals surface area contributed by atoms with Crippen LogP contribution in [0, 0.1) is 6.92 Å². The quantitative estimate of drug-likeness (QED) is 0.535. The number of hydrogen-bond acceptors (Lipinski definition) is 4. The second-order valence-electron chi connectivity index (χ2n) is 10.5. The normalized spacial score (nSPS) is 19.9. The van der Waals surface area contributed by atoms with Crippen molar-refractivity contribution in [3.8, 4) is 0 Å². The summed E-state index contributed by atoms with van der Waals surface area (Å²) in [5, 5.41) is 0. The molecule has 0 N–H and O–H groups in total. The molecular formula is C25H30BNO4. The molecule has 2 aliphatic heterocycles. The summed E-state index contributed by atoms with van der Waals surface area (Å²) in [5.41, 5.74) is 3.05. The van der Waals surface area contributed by atoms with Gasteiger partial charge in [0.25, 0.3) is 11.8 Å². The van der Waals surface area contributed by atoms with E-state index in [0.29, 0.717) is 16.8 Å². The molecule has 2 heterocycles. The van der Waals surface area contributed by atoms with Gasteiger partial charge in [-0.2, -0.15) is 0 Å². The van der Waals surface area contributed by atoms with Gasteiger partial charge >= 0.3 is 7.12 Å². The number of amides is 2. The zero-order valence-corrected chi connectivity index (χ0v) is 19.6. The smallest absolute Gasteiger partial charge is 0.399 e. The number of anilines is 1. The summed E-state index contributed by atoms with van der Waals surface area (Å²) < 4.78 is 12.4. The van der Waals surface area contributed by atoms with Crippen molar-refractivity contribution in [3.63, 3.8) is 0 Å². The molecule has 162 valence electrons. The highest BCUT2D eigenvalue weighted by Gasteiger charge is 2.52. The first kappa shape index (κ1) is 21.8. The van der Waals surface area contributed by atoms with Crippen LogP contribution in [0.15, 0.2) is 36.4 Å². The highest BCUT2D eigenvalue weighted by Crippen LogP contribution is 2.38. The number of carbonyl (C=O) groups excluding carboxylic acids is 2. The zero-order chi connectivity index (χ0) is 22.9. The fourth-order valence-electron chi connectivity index (χ4n) is 4.03. The van der Waals surface area contributed by atoms with Crippen LogP contribution in [-0.2, 0) is 14.7 Å². The lowest BCUT2D eigenvalue weighted by molar-refractivity contribution is 0.00578. The molecule has 0 aliphatic carbocycles. The summed E-state index contributed by atoms with van der Waals surface area (Å²) in [4.78, 5) is 27.8. The monoisotopic (exact) mass is 419 g/mol. The lowest BCUT2D eigenvalue weighted by Crippen LogP contribution is -2.41. The molecule has 4 rings (SSSR count). The molecule has 1 fully saturated rings. The number of rotatable bonds is 2. The zero-order valence-electron chi connectivity index (χ0n) is 19.6. The average molecular weight is 419 g/mol. The Bertz CT molecular complexity index is 1080. The molecule has 0 bridgehead atoms. The standard InChI is InChI=1S/C25H30BNO4/c1-15-19(26-30-24(5,6)25(7,8)31-26)10-9-11-20(15)27-21(28)17-13-12-16(23(2,3)4)14-18(17)22(27)29/h9-14H,1-8H3. The molecule has 0 aromatic heterocycles. The topological polar surface area (TPSA) is 55.8 Å². The van der Waals surface area contributed by atoms with Gasteiger partial charge in [-0.3, -0.25) is 9.59 Å². The van der Waals surface area contributed by atoms with Gasteiger partial charge in [0.15, 0.2) is 0 Å². The summed E-state index contributed by atoms with van der Waals surface area (Å²) in [5.74, 6) is -0.588. The number of carbonyl (C=O) groups is 2. The Morgan fingerprint density at radius 2 is 1.45 bits per heavy atom. The van der Waals surface area contributed by atoms with E-state index < -0.39 is 18.3 Å². The maximum absolute atomic E-state index is 13.3. The van der Waals surface area contributed by atoms with Gasteiger partial charge in [0.2, 0.25) is 0 Å².